The number of benzene rings is 2. The lowest BCUT2D eigenvalue weighted by Crippen LogP contribution is -2.37. The zero-order valence-corrected chi connectivity index (χ0v) is 44.5. The number of aromatic nitrogens is 6. The van der Waals surface area contributed by atoms with Crippen LogP contribution < -0.4 is 25.8 Å². The molecule has 4 aliphatic rings. The molecule has 10 heterocycles. The summed E-state index contributed by atoms with van der Waals surface area (Å²) in [7, 11) is 0. The van der Waals surface area contributed by atoms with E-state index in [-0.39, 0.29) is 33.6 Å². The highest BCUT2D eigenvalue weighted by atomic mass is 19.1. The summed E-state index contributed by atoms with van der Waals surface area (Å²) >= 11 is 0. The zero-order chi connectivity index (χ0) is 54.6. The number of ether oxygens (including phenoxy) is 2. The molecule has 0 saturated carbocycles. The van der Waals surface area contributed by atoms with Crippen molar-refractivity contribution in [2.75, 3.05) is 99.2 Å². The number of anilines is 6. The molecule has 0 bridgehead atoms. The molecule has 4 fully saturated rings. The first kappa shape index (κ1) is 53.1. The lowest BCUT2D eigenvalue weighted by molar-refractivity contribution is -0.129. The van der Waals surface area contributed by atoms with Gasteiger partial charge in [0.1, 0.15) is 34.9 Å². The van der Waals surface area contributed by atoms with E-state index in [0.29, 0.717) is 85.1 Å². The minimum absolute atomic E-state index is 0.0752. The van der Waals surface area contributed by atoms with Gasteiger partial charge in [-0.1, -0.05) is 12.1 Å². The first-order chi connectivity index (χ1) is 38.5. The number of rotatable bonds is 10. The molecule has 3 N–H and O–H groups in total. The van der Waals surface area contributed by atoms with Crippen LogP contribution in [0.15, 0.2) is 97.6 Å². The number of piperidine rings is 2. The molecule has 408 valence electrons. The standard InChI is InChI=1S/C31H32F2N6O2.C29H30F2N6O/c1-19-30(25-5-3-4-8-34-25)37-27-16-22(32)15-24(33)29(27)31(19)36-26-17-28(39-11-13-41-14-12-39)35-18-23(26)21-6-9-38(10-7-21)20(2)40;1-18-28(23-4-2-3-7-33-23)36-25-15-20(30)14-22(31)27(25)29(18)35-24-16-26(37-10-12-38-13-11-37)34-17-21(24)19-5-8-32-9-6-19/h3-5,8,15-18,21H,6-7,9-14H2,1-2H3,(H,35,36,37);2-4,7,14-17,19,32H,5-6,8-13H2,1H3,(H,34,35,36). The van der Waals surface area contributed by atoms with Crippen LogP contribution in [0.2, 0.25) is 0 Å². The fourth-order valence-electron chi connectivity index (χ4n) is 11.2. The molecule has 12 rings (SSSR count). The van der Waals surface area contributed by atoms with Gasteiger partial charge in [0, 0.05) is 130 Å². The van der Waals surface area contributed by atoms with Crippen molar-refractivity contribution >= 4 is 62.1 Å². The highest BCUT2D eigenvalue weighted by Crippen LogP contribution is 2.43. The molecule has 79 heavy (non-hydrogen) atoms. The van der Waals surface area contributed by atoms with Gasteiger partial charge < -0.3 is 40.1 Å². The number of likely N-dealkylation sites (tertiary alicyclic amines) is 1. The summed E-state index contributed by atoms with van der Waals surface area (Å²) in [5.41, 5.74) is 9.09. The molecule has 4 saturated heterocycles. The van der Waals surface area contributed by atoms with Crippen molar-refractivity contribution in [2.45, 2.75) is 58.3 Å². The average molecular weight is 1080 g/mol. The first-order valence-corrected chi connectivity index (χ1v) is 27.0. The van der Waals surface area contributed by atoms with Crippen molar-refractivity contribution in [1.82, 2.24) is 40.1 Å². The van der Waals surface area contributed by atoms with Crippen LogP contribution in [0.4, 0.5) is 51.9 Å². The van der Waals surface area contributed by atoms with Gasteiger partial charge in [-0.2, -0.15) is 0 Å². The lowest BCUT2D eigenvalue weighted by Gasteiger charge is -2.33. The lowest BCUT2D eigenvalue weighted by atomic mass is 9.89. The summed E-state index contributed by atoms with van der Waals surface area (Å²) in [6.07, 6.45) is 10.8. The second kappa shape index (κ2) is 23.6. The van der Waals surface area contributed by atoms with E-state index in [2.05, 4.69) is 51.8 Å². The van der Waals surface area contributed by atoms with Crippen LogP contribution in [0.1, 0.15) is 66.7 Å². The van der Waals surface area contributed by atoms with Crippen molar-refractivity contribution in [3.63, 3.8) is 0 Å². The molecule has 4 aliphatic heterocycles. The SMILES string of the molecule is CC(=O)N1CCC(c2cnc(N3CCOCC3)cc2Nc2c(C)c(-c3ccccn3)nc3cc(F)cc(F)c23)CC1.Cc1c(-c2ccccn2)nc2cc(F)cc(F)c2c1Nc1cc(N2CCOCC2)ncc1C1CCNCC1. The van der Waals surface area contributed by atoms with E-state index in [9.17, 15) is 13.6 Å². The highest BCUT2D eigenvalue weighted by Gasteiger charge is 2.29. The molecular formula is C60H62F4N12O3. The summed E-state index contributed by atoms with van der Waals surface area (Å²) in [4.78, 5) is 46.0. The molecule has 0 aliphatic carbocycles. The number of nitrogens with zero attached hydrogens (tertiary/aromatic N) is 9. The van der Waals surface area contributed by atoms with Crippen molar-refractivity contribution < 1.29 is 31.8 Å². The van der Waals surface area contributed by atoms with Crippen LogP contribution in [-0.4, -0.2) is 119 Å². The third kappa shape index (κ3) is 11.5. The van der Waals surface area contributed by atoms with Crippen molar-refractivity contribution in [2.24, 2.45) is 0 Å². The smallest absolute Gasteiger partial charge is 0.219 e. The van der Waals surface area contributed by atoms with Crippen LogP contribution in [0, 0.1) is 37.1 Å². The number of carbonyl (C=O) groups excluding carboxylic acids is 1. The topological polar surface area (TPSA) is 159 Å². The molecule has 8 aromatic rings. The van der Waals surface area contributed by atoms with Crippen LogP contribution in [0.3, 0.4) is 0 Å². The van der Waals surface area contributed by atoms with Gasteiger partial charge in [0.2, 0.25) is 5.91 Å². The van der Waals surface area contributed by atoms with Crippen LogP contribution >= 0.6 is 0 Å². The first-order valence-electron chi connectivity index (χ1n) is 27.0. The van der Waals surface area contributed by atoms with Gasteiger partial charge in [0.05, 0.1) is 82.4 Å². The Morgan fingerprint density at radius 3 is 1.44 bits per heavy atom. The van der Waals surface area contributed by atoms with Gasteiger partial charge in [-0.3, -0.25) is 14.8 Å². The summed E-state index contributed by atoms with van der Waals surface area (Å²) in [5, 5.41) is 11.0. The van der Waals surface area contributed by atoms with E-state index >= 15 is 8.78 Å². The predicted octanol–water partition coefficient (Wildman–Crippen LogP) is 10.9. The molecule has 0 spiro atoms. The van der Waals surface area contributed by atoms with Gasteiger partial charge in [0.25, 0.3) is 0 Å². The van der Waals surface area contributed by atoms with Crippen LogP contribution in [-0.2, 0) is 14.3 Å². The molecule has 15 nitrogen and oxygen atoms in total. The minimum Gasteiger partial charge on any atom is -0.378 e. The average Bonchev–Trinajstić information content (AvgIpc) is 3.56. The zero-order valence-electron chi connectivity index (χ0n) is 44.5. The molecule has 0 atom stereocenters. The van der Waals surface area contributed by atoms with E-state index < -0.39 is 23.3 Å². The van der Waals surface area contributed by atoms with Gasteiger partial charge in [-0.15, -0.1) is 0 Å². The van der Waals surface area contributed by atoms with Gasteiger partial charge >= 0.3 is 0 Å². The summed E-state index contributed by atoms with van der Waals surface area (Å²) in [6, 6.07) is 19.4. The van der Waals surface area contributed by atoms with E-state index in [1.165, 1.54) is 12.1 Å². The number of hydrogen-bond acceptors (Lipinski definition) is 14. The van der Waals surface area contributed by atoms with E-state index in [1.54, 1.807) is 19.3 Å². The molecule has 1 amide bonds. The monoisotopic (exact) mass is 1070 g/mol. The Balaban J connectivity index is 0.000000168. The quantitative estimate of drug-likeness (QED) is 0.111. The Morgan fingerprint density at radius 2 is 1.03 bits per heavy atom. The Morgan fingerprint density at radius 1 is 0.582 bits per heavy atom. The number of fused-ring (bicyclic) bond motifs is 2. The van der Waals surface area contributed by atoms with Crippen molar-refractivity contribution in [3.05, 3.63) is 143 Å². The fourth-order valence-corrected chi connectivity index (χ4v) is 11.2. The molecular weight excluding hydrogens is 1010 g/mol. The fraction of sp³-hybridized carbons (Fsp3) is 0.350. The van der Waals surface area contributed by atoms with E-state index in [1.807, 2.05) is 73.6 Å². The summed E-state index contributed by atoms with van der Waals surface area (Å²) in [6.45, 7) is 14.1. The number of morpholine rings is 2. The predicted molar refractivity (Wildman–Crippen MR) is 299 cm³/mol. The molecule has 2 aromatic carbocycles. The summed E-state index contributed by atoms with van der Waals surface area (Å²) < 4.78 is 70.6. The third-order valence-corrected chi connectivity index (χ3v) is 15.5. The maximum atomic E-state index is 15.5. The van der Waals surface area contributed by atoms with Gasteiger partial charge in [-0.05, 0) is 99.8 Å². The Labute approximate surface area is 455 Å². The second-order valence-corrected chi connectivity index (χ2v) is 20.4. The number of halogens is 4. The molecule has 0 unspecified atom stereocenters. The number of hydrogen-bond donors (Lipinski definition) is 3. The Hall–Kier alpha value is -7.87. The second-order valence-electron chi connectivity index (χ2n) is 20.4. The number of pyridine rings is 6. The molecule has 0 radical (unpaired) electrons. The Kier molecular flexibility index (Phi) is 15.9. The van der Waals surface area contributed by atoms with Gasteiger partial charge in [0.15, 0.2) is 0 Å². The van der Waals surface area contributed by atoms with Crippen molar-refractivity contribution in [1.29, 1.82) is 0 Å². The van der Waals surface area contributed by atoms with Gasteiger partial charge in [-0.25, -0.2) is 37.5 Å². The number of carbonyl (C=O) groups is 1. The number of nitrogens with one attached hydrogen (secondary N) is 3. The highest BCUT2D eigenvalue weighted by molar-refractivity contribution is 6.00. The van der Waals surface area contributed by atoms with Crippen molar-refractivity contribution in [3.8, 4) is 22.8 Å². The van der Waals surface area contributed by atoms with E-state index in [4.69, 9.17) is 19.4 Å². The maximum absolute atomic E-state index is 15.5. The number of amides is 1. The normalized spacial score (nSPS) is 16.5. The Bertz CT molecular complexity index is 3500. The largest absolute Gasteiger partial charge is 0.378 e. The van der Waals surface area contributed by atoms with E-state index in [0.717, 1.165) is 117 Å². The molecule has 6 aromatic heterocycles. The van der Waals surface area contributed by atoms with Crippen LogP contribution in [0.5, 0.6) is 0 Å². The van der Waals surface area contributed by atoms with Crippen LogP contribution in [0.25, 0.3) is 44.6 Å². The third-order valence-electron chi connectivity index (χ3n) is 15.5. The maximum Gasteiger partial charge on any atom is 0.219 e. The minimum atomic E-state index is -0.694. The molecule has 19 heteroatoms. The summed E-state index contributed by atoms with van der Waals surface area (Å²) in [5.74, 6) is -0.512.